The van der Waals surface area contributed by atoms with Crippen molar-refractivity contribution < 1.29 is 19.7 Å². The van der Waals surface area contributed by atoms with Crippen molar-refractivity contribution in [3.63, 3.8) is 0 Å². The lowest BCUT2D eigenvalue weighted by Crippen LogP contribution is -2.32. The molecule has 0 amide bonds. The highest BCUT2D eigenvalue weighted by Crippen LogP contribution is 2.27. The second kappa shape index (κ2) is 4.92. The Hall–Kier alpha value is -1.64. The minimum atomic E-state index is -0.857. The molecule has 0 aliphatic carbocycles. The van der Waals surface area contributed by atoms with Gasteiger partial charge in [-0.25, -0.2) is 4.79 Å². The van der Waals surface area contributed by atoms with Crippen LogP contribution < -0.4 is 16.0 Å². The molecular formula is C10H14N2O6. The van der Waals surface area contributed by atoms with Crippen LogP contribution in [0, 0.1) is 0 Å². The van der Waals surface area contributed by atoms with Crippen molar-refractivity contribution in [1.82, 2.24) is 9.55 Å². The fourth-order valence-electron chi connectivity index (χ4n) is 1.88. The van der Waals surface area contributed by atoms with Gasteiger partial charge in [-0.1, -0.05) is 0 Å². The zero-order valence-corrected chi connectivity index (χ0v) is 9.70. The first-order valence-corrected chi connectivity index (χ1v) is 5.40. The summed E-state index contributed by atoms with van der Waals surface area (Å²) in [5.74, 6) is -0.0276. The number of rotatable bonds is 3. The predicted molar refractivity (Wildman–Crippen MR) is 59.5 cm³/mol. The molecule has 1 aromatic heterocycles. The van der Waals surface area contributed by atoms with Crippen LogP contribution in [0.1, 0.15) is 12.6 Å². The van der Waals surface area contributed by atoms with Gasteiger partial charge in [0.2, 0.25) is 5.75 Å². The Labute approximate surface area is 101 Å². The van der Waals surface area contributed by atoms with Gasteiger partial charge in [0.1, 0.15) is 12.3 Å². The second-order valence-corrected chi connectivity index (χ2v) is 3.98. The fourth-order valence-corrected chi connectivity index (χ4v) is 1.88. The maximum absolute atomic E-state index is 11.6. The number of H-pyrrole nitrogens is 1. The van der Waals surface area contributed by atoms with E-state index in [0.29, 0.717) is 0 Å². The Balaban J connectivity index is 2.35. The van der Waals surface area contributed by atoms with Gasteiger partial charge < -0.3 is 19.7 Å². The van der Waals surface area contributed by atoms with E-state index in [9.17, 15) is 14.7 Å². The largest absolute Gasteiger partial charge is 0.490 e. The number of aliphatic hydroxyl groups is 2. The molecule has 0 aromatic carbocycles. The SMILES string of the molecule is COc1cn([C@H]2C[C@@H](O)[C@H](CO)O2)c(=O)[nH]c1=O. The van der Waals surface area contributed by atoms with E-state index in [0.717, 1.165) is 4.57 Å². The Morgan fingerprint density at radius 3 is 2.89 bits per heavy atom. The minimum absolute atomic E-state index is 0.0276. The highest BCUT2D eigenvalue weighted by molar-refractivity contribution is 5.12. The zero-order chi connectivity index (χ0) is 13.3. The van der Waals surface area contributed by atoms with Gasteiger partial charge in [-0.3, -0.25) is 14.3 Å². The Kier molecular flexibility index (Phi) is 3.50. The van der Waals surface area contributed by atoms with Crippen molar-refractivity contribution in [1.29, 1.82) is 0 Å². The van der Waals surface area contributed by atoms with Gasteiger partial charge in [-0.2, -0.15) is 0 Å². The van der Waals surface area contributed by atoms with Crippen molar-refractivity contribution in [2.24, 2.45) is 0 Å². The van der Waals surface area contributed by atoms with E-state index in [1.807, 2.05) is 0 Å². The van der Waals surface area contributed by atoms with E-state index in [4.69, 9.17) is 14.6 Å². The summed E-state index contributed by atoms with van der Waals surface area (Å²) in [7, 11) is 1.31. The number of nitrogens with zero attached hydrogens (tertiary/aromatic N) is 1. The number of ether oxygens (including phenoxy) is 2. The number of hydrogen-bond acceptors (Lipinski definition) is 6. The van der Waals surface area contributed by atoms with Crippen molar-refractivity contribution in [2.75, 3.05) is 13.7 Å². The summed E-state index contributed by atoms with van der Waals surface area (Å²) in [6, 6.07) is 0. The first kappa shape index (κ1) is 12.8. The van der Waals surface area contributed by atoms with Crippen LogP contribution in [0.4, 0.5) is 0 Å². The van der Waals surface area contributed by atoms with Crippen LogP contribution in [-0.4, -0.2) is 45.7 Å². The maximum atomic E-state index is 11.6. The van der Waals surface area contributed by atoms with Crippen molar-refractivity contribution in [2.45, 2.75) is 24.9 Å². The Morgan fingerprint density at radius 1 is 1.61 bits per heavy atom. The number of aromatic nitrogens is 2. The number of aromatic amines is 1. The third-order valence-electron chi connectivity index (χ3n) is 2.85. The number of nitrogens with one attached hydrogen (secondary N) is 1. The molecule has 1 aliphatic rings. The lowest BCUT2D eigenvalue weighted by atomic mass is 10.2. The molecule has 3 atom stereocenters. The van der Waals surface area contributed by atoms with Gasteiger partial charge in [0.15, 0.2) is 0 Å². The van der Waals surface area contributed by atoms with Crippen molar-refractivity contribution >= 4 is 0 Å². The first-order valence-electron chi connectivity index (χ1n) is 5.40. The van der Waals surface area contributed by atoms with Crippen LogP contribution in [0.3, 0.4) is 0 Å². The number of aliphatic hydroxyl groups excluding tert-OH is 2. The molecule has 1 fully saturated rings. The third kappa shape index (κ3) is 2.17. The van der Waals surface area contributed by atoms with E-state index >= 15 is 0 Å². The number of methoxy groups -OCH3 is 1. The molecule has 2 rings (SSSR count). The average molecular weight is 258 g/mol. The van der Waals surface area contributed by atoms with Gasteiger partial charge in [0.05, 0.1) is 26.0 Å². The van der Waals surface area contributed by atoms with E-state index in [1.165, 1.54) is 13.3 Å². The van der Waals surface area contributed by atoms with Gasteiger partial charge in [0.25, 0.3) is 5.56 Å². The molecule has 8 heteroatoms. The molecule has 18 heavy (non-hydrogen) atoms. The smallest absolute Gasteiger partial charge is 0.330 e. The lowest BCUT2D eigenvalue weighted by molar-refractivity contribution is -0.0460. The van der Waals surface area contributed by atoms with Crippen LogP contribution in [0.2, 0.25) is 0 Å². The molecule has 1 aromatic rings. The Bertz CT molecular complexity index is 536. The predicted octanol–water partition coefficient (Wildman–Crippen LogP) is -1.81. The summed E-state index contributed by atoms with van der Waals surface area (Å²) >= 11 is 0. The monoisotopic (exact) mass is 258 g/mol. The van der Waals surface area contributed by atoms with Crippen molar-refractivity contribution in [3.8, 4) is 5.75 Å². The van der Waals surface area contributed by atoms with E-state index in [1.54, 1.807) is 0 Å². The van der Waals surface area contributed by atoms with E-state index in [-0.39, 0.29) is 18.8 Å². The quantitative estimate of drug-likeness (QED) is 0.588. The van der Waals surface area contributed by atoms with Crippen LogP contribution in [0.25, 0.3) is 0 Å². The molecule has 1 saturated heterocycles. The fraction of sp³-hybridized carbons (Fsp3) is 0.600. The summed E-state index contributed by atoms with van der Waals surface area (Å²) in [6.45, 7) is -0.340. The van der Waals surface area contributed by atoms with Crippen molar-refractivity contribution in [3.05, 3.63) is 27.0 Å². The molecule has 0 spiro atoms. The molecule has 2 heterocycles. The average Bonchev–Trinajstić information content (AvgIpc) is 2.70. The first-order chi connectivity index (χ1) is 8.56. The molecular weight excluding hydrogens is 244 g/mol. The summed E-state index contributed by atoms with van der Waals surface area (Å²) < 4.78 is 11.2. The summed E-state index contributed by atoms with van der Waals surface area (Å²) in [5.41, 5.74) is -1.28. The molecule has 3 N–H and O–H groups in total. The summed E-state index contributed by atoms with van der Waals surface area (Å²) in [5, 5.41) is 18.5. The second-order valence-electron chi connectivity index (χ2n) is 3.98. The van der Waals surface area contributed by atoms with E-state index < -0.39 is 29.7 Å². The molecule has 100 valence electrons. The molecule has 0 bridgehead atoms. The maximum Gasteiger partial charge on any atom is 0.330 e. The minimum Gasteiger partial charge on any atom is -0.490 e. The normalized spacial score (nSPS) is 27.4. The van der Waals surface area contributed by atoms with Gasteiger partial charge in [0, 0.05) is 6.42 Å². The van der Waals surface area contributed by atoms with Gasteiger partial charge in [-0.15, -0.1) is 0 Å². The molecule has 1 aliphatic heterocycles. The summed E-state index contributed by atoms with van der Waals surface area (Å²) in [4.78, 5) is 25.0. The van der Waals surface area contributed by atoms with Crippen LogP contribution in [0.15, 0.2) is 15.8 Å². The summed E-state index contributed by atoms with van der Waals surface area (Å²) in [6.07, 6.45) is -0.960. The van der Waals surface area contributed by atoms with E-state index in [2.05, 4.69) is 4.98 Å². The highest BCUT2D eigenvalue weighted by Gasteiger charge is 2.35. The Morgan fingerprint density at radius 2 is 2.33 bits per heavy atom. The lowest BCUT2D eigenvalue weighted by Gasteiger charge is -2.14. The van der Waals surface area contributed by atoms with Crippen LogP contribution in [-0.2, 0) is 4.74 Å². The topological polar surface area (TPSA) is 114 Å². The van der Waals surface area contributed by atoms with Crippen LogP contribution >= 0.6 is 0 Å². The number of hydrogen-bond donors (Lipinski definition) is 3. The third-order valence-corrected chi connectivity index (χ3v) is 2.85. The molecule has 0 radical (unpaired) electrons. The standard InChI is InChI=1S/C10H14N2O6/c1-17-6-3-12(10(16)11-9(6)15)8-2-5(14)7(4-13)18-8/h3,5,7-8,13-14H,2,4H2,1H3,(H,11,15,16)/t5-,7+,8-/m1/s1. The molecule has 0 saturated carbocycles. The van der Waals surface area contributed by atoms with Gasteiger partial charge >= 0.3 is 5.69 Å². The zero-order valence-electron chi connectivity index (χ0n) is 9.70. The molecule has 0 unspecified atom stereocenters. The highest BCUT2D eigenvalue weighted by atomic mass is 16.5. The van der Waals surface area contributed by atoms with Crippen LogP contribution in [0.5, 0.6) is 5.75 Å². The molecule has 8 nitrogen and oxygen atoms in total. The van der Waals surface area contributed by atoms with Gasteiger partial charge in [-0.05, 0) is 0 Å².